The fourth-order valence-electron chi connectivity index (χ4n) is 6.02. The molecule has 1 aliphatic heterocycles. The number of nitrogens with one attached hydrogen (secondary N) is 1. The van der Waals surface area contributed by atoms with Crippen LogP contribution in [0.25, 0.3) is 0 Å². The highest BCUT2D eigenvalue weighted by molar-refractivity contribution is 5.22. The molecule has 1 N–H and O–H groups in total. The fourth-order valence-corrected chi connectivity index (χ4v) is 6.02. The first-order valence-corrected chi connectivity index (χ1v) is 8.08. The van der Waals surface area contributed by atoms with Gasteiger partial charge in [-0.25, -0.2) is 4.98 Å². The van der Waals surface area contributed by atoms with Gasteiger partial charge in [-0.3, -0.25) is 0 Å². The first kappa shape index (κ1) is 10.9. The van der Waals surface area contributed by atoms with Crippen LogP contribution in [-0.2, 0) is 18.5 Å². The van der Waals surface area contributed by atoms with E-state index in [9.17, 15) is 0 Å². The van der Waals surface area contributed by atoms with Crippen LogP contribution in [0.15, 0.2) is 6.20 Å². The minimum Gasteiger partial charge on any atom is -0.329 e. The van der Waals surface area contributed by atoms with Gasteiger partial charge in [-0.05, 0) is 56.3 Å². The molecule has 0 amide bonds. The minimum absolute atomic E-state index is 0.463. The number of hydrogen-bond donors (Lipinski definition) is 1. The lowest BCUT2D eigenvalue weighted by Crippen LogP contribution is -2.50. The molecular formula is C16H23N3. The molecule has 1 aromatic rings. The van der Waals surface area contributed by atoms with Crippen LogP contribution in [-0.4, -0.2) is 16.1 Å². The largest absolute Gasteiger partial charge is 0.329 e. The second kappa shape index (κ2) is 3.63. The summed E-state index contributed by atoms with van der Waals surface area (Å²) in [7, 11) is 0. The fraction of sp³-hybridized carbons (Fsp3) is 0.812. The van der Waals surface area contributed by atoms with Gasteiger partial charge in [0.05, 0.1) is 5.69 Å². The monoisotopic (exact) mass is 257 g/mol. The molecule has 0 atom stereocenters. The molecule has 2 heterocycles. The van der Waals surface area contributed by atoms with Gasteiger partial charge >= 0.3 is 0 Å². The van der Waals surface area contributed by atoms with Crippen molar-refractivity contribution < 1.29 is 0 Å². The van der Waals surface area contributed by atoms with E-state index in [4.69, 9.17) is 4.98 Å². The second-order valence-corrected chi connectivity index (χ2v) is 7.60. The highest BCUT2D eigenvalue weighted by atomic mass is 15.2. The van der Waals surface area contributed by atoms with E-state index in [0.29, 0.717) is 5.41 Å². The maximum atomic E-state index is 4.91. The van der Waals surface area contributed by atoms with E-state index in [1.807, 2.05) is 0 Å². The molecule has 3 nitrogen and oxygen atoms in total. The molecule has 0 spiro atoms. The Bertz CT molecular complexity index is 481. The SMILES string of the molecule is c1nc(C23CC4CC(CC(C4)C2)C3)n2c1CNCC2. The van der Waals surface area contributed by atoms with Crippen molar-refractivity contribution in [1.29, 1.82) is 0 Å². The third-order valence-corrected chi connectivity index (χ3v) is 6.27. The Morgan fingerprint density at radius 3 is 2.47 bits per heavy atom. The summed E-state index contributed by atoms with van der Waals surface area (Å²) in [5.41, 5.74) is 1.88. The topological polar surface area (TPSA) is 29.9 Å². The third kappa shape index (κ3) is 1.45. The van der Waals surface area contributed by atoms with Crippen molar-refractivity contribution in [1.82, 2.24) is 14.9 Å². The number of hydrogen-bond acceptors (Lipinski definition) is 2. The highest BCUT2D eigenvalue weighted by Crippen LogP contribution is 2.60. The molecule has 0 aromatic carbocycles. The Labute approximate surface area is 114 Å². The number of nitrogens with zero attached hydrogens (tertiary/aromatic N) is 2. The maximum absolute atomic E-state index is 4.91. The second-order valence-electron chi connectivity index (χ2n) is 7.60. The Balaban J connectivity index is 1.60. The highest BCUT2D eigenvalue weighted by Gasteiger charge is 2.53. The lowest BCUT2D eigenvalue weighted by molar-refractivity contribution is -0.0112. The standard InChI is InChI=1S/C16H23N3/c1-2-19-14(9-17-1)10-18-15(19)16-6-11-3-12(7-16)5-13(4-11)8-16/h10-13,17H,1-9H2. The molecule has 19 heavy (non-hydrogen) atoms. The quantitative estimate of drug-likeness (QED) is 0.837. The van der Waals surface area contributed by atoms with Gasteiger partial charge in [0.25, 0.3) is 0 Å². The Hall–Kier alpha value is -0.830. The smallest absolute Gasteiger partial charge is 0.115 e. The molecule has 102 valence electrons. The Morgan fingerprint density at radius 2 is 1.79 bits per heavy atom. The molecule has 4 aliphatic carbocycles. The summed E-state index contributed by atoms with van der Waals surface area (Å²) < 4.78 is 2.56. The first-order chi connectivity index (χ1) is 9.32. The van der Waals surface area contributed by atoms with Gasteiger partial charge in [-0.15, -0.1) is 0 Å². The zero-order valence-electron chi connectivity index (χ0n) is 11.6. The lowest BCUT2D eigenvalue weighted by Gasteiger charge is -2.56. The van der Waals surface area contributed by atoms with Crippen molar-refractivity contribution in [2.75, 3.05) is 6.54 Å². The summed E-state index contributed by atoms with van der Waals surface area (Å²) in [5.74, 6) is 4.51. The van der Waals surface area contributed by atoms with E-state index in [2.05, 4.69) is 16.1 Å². The van der Waals surface area contributed by atoms with Gasteiger partial charge in [-0.2, -0.15) is 0 Å². The van der Waals surface area contributed by atoms with Crippen LogP contribution in [0.4, 0.5) is 0 Å². The Kier molecular flexibility index (Phi) is 2.08. The number of rotatable bonds is 1. The van der Waals surface area contributed by atoms with Crippen LogP contribution in [0.5, 0.6) is 0 Å². The molecule has 0 unspecified atom stereocenters. The minimum atomic E-state index is 0.463. The molecule has 0 radical (unpaired) electrons. The zero-order chi connectivity index (χ0) is 12.4. The van der Waals surface area contributed by atoms with Gasteiger partial charge in [0.2, 0.25) is 0 Å². The van der Waals surface area contributed by atoms with E-state index >= 15 is 0 Å². The predicted molar refractivity (Wildman–Crippen MR) is 73.8 cm³/mol. The average molecular weight is 257 g/mol. The van der Waals surface area contributed by atoms with Crippen LogP contribution in [0, 0.1) is 17.8 Å². The molecule has 0 saturated heterocycles. The number of imidazole rings is 1. The molecule has 4 saturated carbocycles. The molecule has 4 fully saturated rings. The van der Waals surface area contributed by atoms with E-state index in [0.717, 1.165) is 37.4 Å². The third-order valence-electron chi connectivity index (χ3n) is 6.27. The zero-order valence-corrected chi connectivity index (χ0v) is 11.6. The van der Waals surface area contributed by atoms with Crippen molar-refractivity contribution in [2.24, 2.45) is 17.8 Å². The van der Waals surface area contributed by atoms with Crippen molar-refractivity contribution in [3.63, 3.8) is 0 Å². The predicted octanol–water partition coefficient (Wildman–Crippen LogP) is 2.45. The van der Waals surface area contributed by atoms with E-state index < -0.39 is 0 Å². The summed E-state index contributed by atoms with van der Waals surface area (Å²) in [5, 5.41) is 3.47. The summed E-state index contributed by atoms with van der Waals surface area (Å²) in [6, 6.07) is 0. The van der Waals surface area contributed by atoms with Crippen LogP contribution < -0.4 is 5.32 Å². The normalized spacial score (nSPS) is 43.5. The van der Waals surface area contributed by atoms with Gasteiger partial charge in [0.15, 0.2) is 0 Å². The lowest BCUT2D eigenvalue weighted by atomic mass is 9.49. The van der Waals surface area contributed by atoms with E-state index in [1.54, 1.807) is 0 Å². The molecule has 6 rings (SSSR count). The number of fused-ring (bicyclic) bond motifs is 1. The first-order valence-electron chi connectivity index (χ1n) is 8.08. The number of aromatic nitrogens is 2. The molecule has 5 aliphatic rings. The van der Waals surface area contributed by atoms with Crippen molar-refractivity contribution in [3.8, 4) is 0 Å². The summed E-state index contributed by atoms with van der Waals surface area (Å²) in [4.78, 5) is 4.91. The van der Waals surface area contributed by atoms with Crippen LogP contribution >= 0.6 is 0 Å². The summed E-state index contributed by atoms with van der Waals surface area (Å²) in [6.07, 6.45) is 11.0. The van der Waals surface area contributed by atoms with Crippen LogP contribution in [0.3, 0.4) is 0 Å². The van der Waals surface area contributed by atoms with Crippen LogP contribution in [0.2, 0.25) is 0 Å². The molecule has 4 bridgehead atoms. The maximum Gasteiger partial charge on any atom is 0.115 e. The molecular weight excluding hydrogens is 234 g/mol. The molecule has 1 aromatic heterocycles. The van der Waals surface area contributed by atoms with Crippen molar-refractivity contribution in [3.05, 3.63) is 17.7 Å². The van der Waals surface area contributed by atoms with Crippen LogP contribution in [0.1, 0.15) is 50.0 Å². The van der Waals surface area contributed by atoms with Gasteiger partial charge in [-0.1, -0.05) is 0 Å². The van der Waals surface area contributed by atoms with Gasteiger partial charge in [0.1, 0.15) is 5.82 Å². The van der Waals surface area contributed by atoms with E-state index in [-0.39, 0.29) is 0 Å². The van der Waals surface area contributed by atoms with E-state index in [1.165, 1.54) is 50.0 Å². The average Bonchev–Trinajstić information content (AvgIpc) is 2.81. The van der Waals surface area contributed by atoms with Gasteiger partial charge in [0, 0.05) is 31.2 Å². The van der Waals surface area contributed by atoms with Crippen molar-refractivity contribution >= 4 is 0 Å². The Morgan fingerprint density at radius 1 is 1.11 bits per heavy atom. The van der Waals surface area contributed by atoms with Gasteiger partial charge < -0.3 is 9.88 Å². The van der Waals surface area contributed by atoms with Crippen molar-refractivity contribution in [2.45, 2.75) is 57.0 Å². The summed E-state index contributed by atoms with van der Waals surface area (Å²) >= 11 is 0. The molecule has 3 heteroatoms. The summed E-state index contributed by atoms with van der Waals surface area (Å²) in [6.45, 7) is 3.26.